The SMILES string of the molecule is CN=C(NCC(C)(C)SC)NC1CCN(CC2CCCCC2)CC1.I. The molecule has 1 saturated carbocycles. The second kappa shape index (κ2) is 11.9. The fourth-order valence-electron chi connectivity index (χ4n) is 3.75. The molecule has 2 N–H and O–H groups in total. The maximum absolute atomic E-state index is 4.40. The number of rotatable bonds is 6. The summed E-state index contributed by atoms with van der Waals surface area (Å²) >= 11 is 1.89. The molecule has 4 nitrogen and oxygen atoms in total. The van der Waals surface area contributed by atoms with Crippen LogP contribution < -0.4 is 10.6 Å². The number of halogens is 1. The van der Waals surface area contributed by atoms with Crippen LogP contribution in [0.1, 0.15) is 58.8 Å². The Morgan fingerprint density at radius 1 is 1.12 bits per heavy atom. The molecule has 1 aliphatic heterocycles. The standard InChI is InChI=1S/C19H38N4S.HI/c1-19(2,24-4)15-21-18(20-3)22-17-10-12-23(13-11-17)14-16-8-6-5-7-9-16;/h16-17H,5-15H2,1-4H3,(H2,20,21,22);1H. The number of piperidine rings is 1. The van der Waals surface area contributed by atoms with E-state index in [1.54, 1.807) is 0 Å². The second-order valence-electron chi connectivity index (χ2n) is 8.11. The van der Waals surface area contributed by atoms with Gasteiger partial charge in [0.25, 0.3) is 0 Å². The van der Waals surface area contributed by atoms with E-state index >= 15 is 0 Å². The van der Waals surface area contributed by atoms with Gasteiger partial charge in [0.15, 0.2) is 5.96 Å². The van der Waals surface area contributed by atoms with Crippen LogP contribution in [0.3, 0.4) is 0 Å². The van der Waals surface area contributed by atoms with Gasteiger partial charge in [0.2, 0.25) is 0 Å². The molecule has 6 heteroatoms. The molecule has 148 valence electrons. The predicted molar refractivity (Wildman–Crippen MR) is 124 cm³/mol. The van der Waals surface area contributed by atoms with Gasteiger partial charge >= 0.3 is 0 Å². The maximum Gasteiger partial charge on any atom is 0.191 e. The molecule has 0 atom stereocenters. The highest BCUT2D eigenvalue weighted by molar-refractivity contribution is 14.0. The van der Waals surface area contributed by atoms with E-state index in [4.69, 9.17) is 0 Å². The van der Waals surface area contributed by atoms with Gasteiger partial charge in [-0.25, -0.2) is 0 Å². The van der Waals surface area contributed by atoms with E-state index in [9.17, 15) is 0 Å². The molecule has 0 bridgehead atoms. The van der Waals surface area contributed by atoms with Crippen molar-refractivity contribution in [3.63, 3.8) is 0 Å². The lowest BCUT2D eigenvalue weighted by molar-refractivity contribution is 0.160. The Bertz CT molecular complexity index is 389. The first-order chi connectivity index (χ1) is 11.5. The summed E-state index contributed by atoms with van der Waals surface area (Å²) in [4.78, 5) is 7.10. The maximum atomic E-state index is 4.40. The van der Waals surface area contributed by atoms with Crippen LogP contribution in [0.15, 0.2) is 4.99 Å². The van der Waals surface area contributed by atoms with E-state index in [2.05, 4.69) is 40.6 Å². The fraction of sp³-hybridized carbons (Fsp3) is 0.947. The first-order valence-corrected chi connectivity index (χ1v) is 11.0. The van der Waals surface area contributed by atoms with Crippen LogP contribution in [0.4, 0.5) is 0 Å². The van der Waals surface area contributed by atoms with Gasteiger partial charge in [-0.1, -0.05) is 19.3 Å². The average molecular weight is 483 g/mol. The highest BCUT2D eigenvalue weighted by atomic mass is 127. The predicted octanol–water partition coefficient (Wildman–Crippen LogP) is 3.96. The minimum absolute atomic E-state index is 0. The van der Waals surface area contributed by atoms with Crippen LogP contribution in [-0.4, -0.2) is 61.1 Å². The Morgan fingerprint density at radius 3 is 2.32 bits per heavy atom. The fourth-order valence-corrected chi connectivity index (χ4v) is 3.97. The van der Waals surface area contributed by atoms with E-state index in [-0.39, 0.29) is 28.7 Å². The van der Waals surface area contributed by atoms with Crippen molar-refractivity contribution in [1.29, 1.82) is 0 Å². The van der Waals surface area contributed by atoms with Gasteiger partial charge in [0.05, 0.1) is 0 Å². The number of guanidine groups is 1. The third kappa shape index (κ3) is 8.69. The van der Waals surface area contributed by atoms with Crippen molar-refractivity contribution in [1.82, 2.24) is 15.5 Å². The van der Waals surface area contributed by atoms with Crippen molar-refractivity contribution in [3.05, 3.63) is 0 Å². The molecule has 2 aliphatic rings. The zero-order valence-electron chi connectivity index (χ0n) is 16.6. The molecular weight excluding hydrogens is 443 g/mol. The lowest BCUT2D eigenvalue weighted by Gasteiger charge is -2.36. The molecular formula is C19H39IN4S. The molecule has 0 aromatic carbocycles. The Morgan fingerprint density at radius 2 is 1.76 bits per heavy atom. The summed E-state index contributed by atoms with van der Waals surface area (Å²) in [6.45, 7) is 9.28. The Kier molecular flexibility index (Phi) is 11.1. The summed E-state index contributed by atoms with van der Waals surface area (Å²) in [5.74, 6) is 1.93. The summed E-state index contributed by atoms with van der Waals surface area (Å²) in [5, 5.41) is 7.12. The number of hydrogen-bond donors (Lipinski definition) is 2. The first kappa shape index (κ1) is 23.3. The smallest absolute Gasteiger partial charge is 0.191 e. The Hall–Kier alpha value is 0.310. The Balaban J connectivity index is 0.00000312. The van der Waals surface area contributed by atoms with Gasteiger partial charge < -0.3 is 15.5 Å². The van der Waals surface area contributed by atoms with Crippen LogP contribution in [-0.2, 0) is 0 Å². The topological polar surface area (TPSA) is 39.7 Å². The van der Waals surface area contributed by atoms with Gasteiger partial charge in [-0.15, -0.1) is 24.0 Å². The lowest BCUT2D eigenvalue weighted by Crippen LogP contribution is -2.51. The third-order valence-corrected chi connectivity index (χ3v) is 6.88. The summed E-state index contributed by atoms with van der Waals surface area (Å²) in [5.41, 5.74) is 0. The van der Waals surface area contributed by atoms with E-state index in [1.807, 2.05) is 18.8 Å². The number of likely N-dealkylation sites (tertiary alicyclic amines) is 1. The van der Waals surface area contributed by atoms with Crippen LogP contribution in [0.25, 0.3) is 0 Å². The Labute approximate surface area is 176 Å². The lowest BCUT2D eigenvalue weighted by atomic mass is 9.88. The van der Waals surface area contributed by atoms with Gasteiger partial charge in [-0.3, -0.25) is 4.99 Å². The van der Waals surface area contributed by atoms with E-state index < -0.39 is 0 Å². The minimum atomic E-state index is 0. The zero-order valence-corrected chi connectivity index (χ0v) is 19.8. The highest BCUT2D eigenvalue weighted by Crippen LogP contribution is 2.25. The molecule has 0 amide bonds. The van der Waals surface area contributed by atoms with Gasteiger partial charge in [-0.2, -0.15) is 11.8 Å². The molecule has 25 heavy (non-hydrogen) atoms. The molecule has 1 aliphatic carbocycles. The van der Waals surface area contributed by atoms with Crippen molar-refractivity contribution in [2.45, 2.75) is 69.6 Å². The summed E-state index contributed by atoms with van der Waals surface area (Å²) < 4.78 is 0.237. The monoisotopic (exact) mass is 482 g/mol. The van der Waals surface area contributed by atoms with Crippen molar-refractivity contribution in [2.24, 2.45) is 10.9 Å². The van der Waals surface area contributed by atoms with Crippen LogP contribution >= 0.6 is 35.7 Å². The van der Waals surface area contributed by atoms with Crippen molar-refractivity contribution >= 4 is 41.7 Å². The summed E-state index contributed by atoms with van der Waals surface area (Å²) in [6.07, 6.45) is 11.9. The van der Waals surface area contributed by atoms with E-state index in [1.165, 1.54) is 64.6 Å². The van der Waals surface area contributed by atoms with Gasteiger partial charge in [0.1, 0.15) is 0 Å². The van der Waals surface area contributed by atoms with E-state index in [0.29, 0.717) is 6.04 Å². The number of nitrogens with one attached hydrogen (secondary N) is 2. The molecule has 2 fully saturated rings. The molecule has 2 rings (SSSR count). The van der Waals surface area contributed by atoms with Crippen molar-refractivity contribution in [3.8, 4) is 0 Å². The molecule has 1 saturated heterocycles. The molecule has 0 radical (unpaired) electrons. The van der Waals surface area contributed by atoms with Crippen molar-refractivity contribution < 1.29 is 0 Å². The van der Waals surface area contributed by atoms with Crippen LogP contribution in [0, 0.1) is 5.92 Å². The van der Waals surface area contributed by atoms with Crippen LogP contribution in [0.2, 0.25) is 0 Å². The molecule has 0 spiro atoms. The summed E-state index contributed by atoms with van der Waals surface area (Å²) in [6, 6.07) is 0.566. The first-order valence-electron chi connectivity index (χ1n) is 9.77. The average Bonchev–Trinajstić information content (AvgIpc) is 2.61. The number of hydrogen-bond acceptors (Lipinski definition) is 3. The molecule has 0 aromatic heterocycles. The number of thioether (sulfide) groups is 1. The van der Waals surface area contributed by atoms with E-state index in [0.717, 1.165) is 18.4 Å². The van der Waals surface area contributed by atoms with Crippen LogP contribution in [0.5, 0.6) is 0 Å². The largest absolute Gasteiger partial charge is 0.355 e. The summed E-state index contributed by atoms with van der Waals surface area (Å²) in [7, 11) is 1.87. The normalized spacial score (nSPS) is 21.7. The minimum Gasteiger partial charge on any atom is -0.355 e. The second-order valence-corrected chi connectivity index (χ2v) is 9.63. The molecule has 0 aromatic rings. The number of aliphatic imine (C=N–C) groups is 1. The highest BCUT2D eigenvalue weighted by Gasteiger charge is 2.23. The molecule has 1 heterocycles. The quantitative estimate of drug-likeness (QED) is 0.342. The van der Waals surface area contributed by atoms with Gasteiger partial charge in [-0.05, 0) is 51.7 Å². The zero-order chi connectivity index (χ0) is 17.4. The third-order valence-electron chi connectivity index (χ3n) is 5.63. The van der Waals surface area contributed by atoms with Gasteiger partial charge in [0, 0.05) is 44.0 Å². The number of nitrogens with zero attached hydrogens (tertiary/aromatic N) is 2. The van der Waals surface area contributed by atoms with Crippen molar-refractivity contribution in [2.75, 3.05) is 39.5 Å². The molecule has 0 unspecified atom stereocenters.